The summed E-state index contributed by atoms with van der Waals surface area (Å²) in [5.74, 6) is -3.22. The van der Waals surface area contributed by atoms with Crippen LogP contribution >= 0.6 is 0 Å². The average Bonchev–Trinajstić information content (AvgIpc) is 3.67. The van der Waals surface area contributed by atoms with Crippen LogP contribution in [0, 0.1) is 24.2 Å². The molecule has 1 aromatic heterocycles. The molecule has 2 aliphatic heterocycles. The lowest BCUT2D eigenvalue weighted by atomic mass is 9.95. The van der Waals surface area contributed by atoms with Gasteiger partial charge in [-0.25, -0.2) is 4.79 Å². The summed E-state index contributed by atoms with van der Waals surface area (Å²) >= 11 is 0. The fourth-order valence-corrected chi connectivity index (χ4v) is 5.71. The van der Waals surface area contributed by atoms with Crippen molar-refractivity contribution in [1.29, 1.82) is 5.26 Å². The first kappa shape index (κ1) is 31.3. The molecule has 2 aliphatic rings. The number of nitrogens with one attached hydrogen (secondary N) is 1. The summed E-state index contributed by atoms with van der Waals surface area (Å²) in [7, 11) is 1.15. The van der Waals surface area contributed by atoms with E-state index in [1.807, 2.05) is 19.1 Å². The molecule has 0 saturated carbocycles. The molecule has 2 saturated heterocycles. The molecule has 0 aliphatic carbocycles. The van der Waals surface area contributed by atoms with Crippen LogP contribution in [0.2, 0.25) is 0 Å². The van der Waals surface area contributed by atoms with Gasteiger partial charge in [-0.05, 0) is 81.5 Å². The highest BCUT2D eigenvalue weighted by Crippen LogP contribution is 2.26. The fraction of sp³-hybridized carbons (Fsp3) is 0.394. The molecule has 2 amide bonds. The third kappa shape index (κ3) is 6.98. The Kier molecular flexibility index (Phi) is 9.47. The molecular formula is C33H35N5O7. The van der Waals surface area contributed by atoms with Crippen molar-refractivity contribution >= 4 is 46.1 Å². The van der Waals surface area contributed by atoms with Crippen LogP contribution in [-0.4, -0.2) is 83.6 Å². The van der Waals surface area contributed by atoms with Crippen LogP contribution in [0.5, 0.6) is 5.75 Å². The number of phenols is 1. The number of furan rings is 1. The Bertz CT molecular complexity index is 1700. The summed E-state index contributed by atoms with van der Waals surface area (Å²) in [6.07, 6.45) is 3.60. The Morgan fingerprint density at radius 3 is 2.60 bits per heavy atom. The van der Waals surface area contributed by atoms with E-state index >= 15 is 0 Å². The van der Waals surface area contributed by atoms with E-state index in [-0.39, 0.29) is 41.1 Å². The fourth-order valence-electron chi connectivity index (χ4n) is 5.71. The summed E-state index contributed by atoms with van der Waals surface area (Å²) in [5, 5.41) is 24.4. The number of fused-ring (bicyclic) bond motifs is 1. The van der Waals surface area contributed by atoms with Gasteiger partial charge in [0.15, 0.2) is 11.7 Å². The molecule has 2 atom stereocenters. The van der Waals surface area contributed by atoms with Crippen molar-refractivity contribution < 1.29 is 33.4 Å². The van der Waals surface area contributed by atoms with E-state index in [0.717, 1.165) is 31.4 Å². The number of aliphatic imine (C=N–C) groups is 1. The summed E-state index contributed by atoms with van der Waals surface area (Å²) in [5.41, 5.74) is 0.907. The van der Waals surface area contributed by atoms with Gasteiger partial charge in [-0.3, -0.25) is 19.4 Å². The normalized spacial score (nSPS) is 17.9. The van der Waals surface area contributed by atoms with Crippen LogP contribution in [0.15, 0.2) is 51.9 Å². The Morgan fingerprint density at radius 1 is 1.11 bits per heavy atom. The average molecular weight is 614 g/mol. The van der Waals surface area contributed by atoms with Crippen molar-refractivity contribution in [3.63, 3.8) is 0 Å². The number of ketones is 1. The third-order valence-electron chi connectivity index (χ3n) is 8.10. The number of amidine groups is 1. The van der Waals surface area contributed by atoms with Gasteiger partial charge in [0.05, 0.1) is 19.7 Å². The van der Waals surface area contributed by atoms with E-state index in [0.29, 0.717) is 55.9 Å². The molecule has 12 heteroatoms. The second kappa shape index (κ2) is 13.6. The van der Waals surface area contributed by atoms with Crippen LogP contribution in [0.4, 0.5) is 5.69 Å². The smallest absolute Gasteiger partial charge is 0.341 e. The minimum atomic E-state index is -1.50. The number of methoxy groups -OCH3 is 1. The number of aryl methyl sites for hydroxylation is 1. The second-order valence-electron chi connectivity index (χ2n) is 11.3. The Labute approximate surface area is 260 Å². The molecule has 2 aromatic carbocycles. The number of nitrogens with zero attached hydrogens (tertiary/aromatic N) is 4. The molecule has 2 fully saturated rings. The van der Waals surface area contributed by atoms with Gasteiger partial charge in [0, 0.05) is 36.3 Å². The van der Waals surface area contributed by atoms with Gasteiger partial charge in [0.1, 0.15) is 34.5 Å². The molecular weight excluding hydrogens is 578 g/mol. The molecule has 3 heterocycles. The van der Waals surface area contributed by atoms with E-state index in [1.54, 1.807) is 23.1 Å². The number of phenolic OH excluding ortho intramolecular Hbond substituents is 1. The Morgan fingerprint density at radius 2 is 1.87 bits per heavy atom. The zero-order chi connectivity index (χ0) is 32.1. The van der Waals surface area contributed by atoms with E-state index in [2.05, 4.69) is 5.32 Å². The van der Waals surface area contributed by atoms with E-state index < -0.39 is 23.7 Å². The summed E-state index contributed by atoms with van der Waals surface area (Å²) in [6.45, 7) is 3.54. The SMILES string of the molecule is COC(=O)c1cc(C(=O)C(C#N)C(=N[C@H]2CCCCN(CC(=O)N3CCCC3)C2=O)Nc2ccc3oc(C)cc3c2)ccc1O. The number of hydrogen-bond donors (Lipinski definition) is 2. The zero-order valence-corrected chi connectivity index (χ0v) is 25.2. The number of anilines is 1. The highest BCUT2D eigenvalue weighted by Gasteiger charge is 2.33. The quantitative estimate of drug-likeness (QED) is 0.165. The molecule has 0 bridgehead atoms. The minimum Gasteiger partial charge on any atom is -0.507 e. The number of esters is 1. The molecule has 0 radical (unpaired) electrons. The number of nitriles is 1. The highest BCUT2D eigenvalue weighted by molar-refractivity contribution is 6.18. The van der Waals surface area contributed by atoms with Crippen LogP contribution in [0.25, 0.3) is 11.0 Å². The predicted molar refractivity (Wildman–Crippen MR) is 165 cm³/mol. The maximum atomic E-state index is 13.8. The van der Waals surface area contributed by atoms with E-state index in [9.17, 15) is 29.5 Å². The number of Topliss-reactive ketones (excluding diaryl/α,β-unsaturated/α-hetero) is 1. The first-order chi connectivity index (χ1) is 21.7. The number of carbonyl (C=O) groups is 4. The van der Waals surface area contributed by atoms with E-state index in [4.69, 9.17) is 14.1 Å². The third-order valence-corrected chi connectivity index (χ3v) is 8.10. The highest BCUT2D eigenvalue weighted by atomic mass is 16.5. The molecule has 5 rings (SSSR count). The lowest BCUT2D eigenvalue weighted by molar-refractivity contribution is -0.140. The van der Waals surface area contributed by atoms with Gasteiger partial charge in [-0.15, -0.1) is 0 Å². The summed E-state index contributed by atoms with van der Waals surface area (Å²) in [4.78, 5) is 60.7. The Hall–Kier alpha value is -5.18. The molecule has 12 nitrogen and oxygen atoms in total. The van der Waals surface area contributed by atoms with Gasteiger partial charge < -0.3 is 29.4 Å². The standard InChI is InChI=1S/C33H35N5O7/c1-20-15-22-16-23(9-11-28(22)45-20)35-31(25(18-34)30(41)21-8-10-27(39)24(17-21)33(43)44-2)36-26-7-3-4-14-38(32(26)42)19-29(40)37-12-5-6-13-37/h8-11,15-17,25-26,39H,3-7,12-14,19H2,1-2H3,(H,35,36)/t25?,26-/m0/s1. The summed E-state index contributed by atoms with van der Waals surface area (Å²) < 4.78 is 10.4. The maximum absolute atomic E-state index is 13.8. The maximum Gasteiger partial charge on any atom is 0.341 e. The van der Waals surface area contributed by atoms with Crippen LogP contribution in [0.3, 0.4) is 0 Å². The number of benzene rings is 2. The van der Waals surface area contributed by atoms with Crippen molar-refractivity contribution in [1.82, 2.24) is 9.80 Å². The number of aromatic hydroxyl groups is 1. The summed E-state index contributed by atoms with van der Waals surface area (Å²) in [6, 6.07) is 11.8. The molecule has 1 unspecified atom stereocenters. The number of hydrogen-bond acceptors (Lipinski definition) is 9. The van der Waals surface area contributed by atoms with E-state index in [1.165, 1.54) is 17.0 Å². The van der Waals surface area contributed by atoms with Gasteiger partial charge in [0.2, 0.25) is 11.8 Å². The lowest BCUT2D eigenvalue weighted by Gasteiger charge is -2.25. The van der Waals surface area contributed by atoms with Crippen LogP contribution in [0.1, 0.15) is 58.6 Å². The molecule has 2 N–H and O–H groups in total. The largest absolute Gasteiger partial charge is 0.507 e. The van der Waals surface area contributed by atoms with Crippen molar-refractivity contribution in [2.45, 2.75) is 45.1 Å². The van der Waals surface area contributed by atoms with Crippen LogP contribution in [-0.2, 0) is 14.3 Å². The molecule has 45 heavy (non-hydrogen) atoms. The van der Waals surface area contributed by atoms with Crippen molar-refractivity contribution in [3.05, 3.63) is 59.4 Å². The number of likely N-dealkylation sites (tertiary alicyclic amines) is 2. The second-order valence-corrected chi connectivity index (χ2v) is 11.3. The molecule has 3 aromatic rings. The first-order valence-electron chi connectivity index (χ1n) is 14.9. The molecule has 0 spiro atoms. The predicted octanol–water partition coefficient (Wildman–Crippen LogP) is 4.07. The van der Waals surface area contributed by atoms with Gasteiger partial charge in [-0.2, -0.15) is 5.26 Å². The van der Waals surface area contributed by atoms with Crippen molar-refractivity contribution in [2.75, 3.05) is 38.6 Å². The van der Waals surface area contributed by atoms with Crippen molar-refractivity contribution in [3.8, 4) is 11.8 Å². The first-order valence-corrected chi connectivity index (χ1v) is 14.9. The van der Waals surface area contributed by atoms with Crippen LogP contribution < -0.4 is 5.32 Å². The van der Waals surface area contributed by atoms with Gasteiger partial charge >= 0.3 is 5.97 Å². The zero-order valence-electron chi connectivity index (χ0n) is 25.2. The van der Waals surface area contributed by atoms with Gasteiger partial charge in [-0.1, -0.05) is 0 Å². The number of rotatable bonds is 8. The number of amides is 2. The lowest BCUT2D eigenvalue weighted by Crippen LogP contribution is -2.45. The molecule has 234 valence electrons. The monoisotopic (exact) mass is 613 g/mol. The number of carbonyl (C=O) groups excluding carboxylic acids is 4. The topological polar surface area (TPSA) is 166 Å². The van der Waals surface area contributed by atoms with Crippen molar-refractivity contribution in [2.24, 2.45) is 10.9 Å². The minimum absolute atomic E-state index is 0.0276. The Balaban J connectivity index is 1.50. The number of ether oxygens (including phenoxy) is 1. The van der Waals surface area contributed by atoms with Gasteiger partial charge in [0.25, 0.3) is 0 Å².